The van der Waals surface area contributed by atoms with Gasteiger partial charge in [-0.3, -0.25) is 0 Å². The highest BCUT2D eigenvalue weighted by molar-refractivity contribution is 9.10. The molecule has 2 heterocycles. The molecule has 0 fully saturated rings. The molecule has 0 saturated carbocycles. The van der Waals surface area contributed by atoms with E-state index in [9.17, 15) is 0 Å². The zero-order chi connectivity index (χ0) is 11.7. The van der Waals surface area contributed by atoms with Crippen LogP contribution in [0.4, 0.5) is 0 Å². The van der Waals surface area contributed by atoms with Gasteiger partial charge in [0, 0.05) is 19.6 Å². The molecule has 0 spiro atoms. The van der Waals surface area contributed by atoms with Gasteiger partial charge < -0.3 is 4.74 Å². The van der Waals surface area contributed by atoms with Crippen molar-refractivity contribution in [2.75, 3.05) is 7.11 Å². The van der Waals surface area contributed by atoms with Crippen molar-refractivity contribution in [2.24, 2.45) is 0 Å². The lowest BCUT2D eigenvalue weighted by molar-refractivity contribution is 0.416. The number of hydrogen-bond donors (Lipinski definition) is 0. The molecule has 0 aliphatic rings. The first-order valence-corrected chi connectivity index (χ1v) is 8.11. The van der Waals surface area contributed by atoms with Crippen LogP contribution in [0, 0.1) is 0 Å². The Bertz CT molecular complexity index is 475. The highest BCUT2D eigenvalue weighted by atomic mass is 79.9. The quantitative estimate of drug-likeness (QED) is 0.597. The molecule has 0 aliphatic heterocycles. The summed E-state index contributed by atoms with van der Waals surface area (Å²) in [5.41, 5.74) is 0. The predicted molar refractivity (Wildman–Crippen MR) is 78.7 cm³/mol. The normalized spacial score (nSPS) is 12.8. The number of methoxy groups -OCH3 is 1. The van der Waals surface area contributed by atoms with Crippen LogP contribution in [0.25, 0.3) is 0 Å². The van der Waals surface area contributed by atoms with E-state index in [0.717, 1.165) is 14.6 Å². The van der Waals surface area contributed by atoms with Gasteiger partial charge in [-0.1, -0.05) is 27.5 Å². The van der Waals surface area contributed by atoms with Crippen LogP contribution in [-0.4, -0.2) is 7.11 Å². The molecule has 0 amide bonds. The minimum atomic E-state index is 0.176. The number of halogens is 3. The molecule has 16 heavy (non-hydrogen) atoms. The van der Waals surface area contributed by atoms with Crippen molar-refractivity contribution in [1.29, 1.82) is 0 Å². The SMILES string of the molecule is COc1csc(C(Br)c2cc(Br)c(Cl)s2)c1. The van der Waals surface area contributed by atoms with Gasteiger partial charge in [0.15, 0.2) is 0 Å². The zero-order valence-electron chi connectivity index (χ0n) is 8.17. The van der Waals surface area contributed by atoms with E-state index in [1.54, 1.807) is 29.8 Å². The molecule has 0 aliphatic carbocycles. The third-order valence-electron chi connectivity index (χ3n) is 2.00. The Hall–Kier alpha value is 0.450. The summed E-state index contributed by atoms with van der Waals surface area (Å²) in [5, 5.41) is 1.99. The topological polar surface area (TPSA) is 9.23 Å². The molecule has 1 nitrogen and oxygen atoms in total. The number of alkyl halides is 1. The summed E-state index contributed by atoms with van der Waals surface area (Å²) < 4.78 is 6.89. The Kier molecular flexibility index (Phi) is 4.35. The summed E-state index contributed by atoms with van der Waals surface area (Å²) in [6.07, 6.45) is 0. The lowest BCUT2D eigenvalue weighted by atomic mass is 10.3. The van der Waals surface area contributed by atoms with Gasteiger partial charge >= 0.3 is 0 Å². The van der Waals surface area contributed by atoms with E-state index in [4.69, 9.17) is 16.3 Å². The van der Waals surface area contributed by atoms with Gasteiger partial charge in [0.05, 0.1) is 11.9 Å². The molecule has 0 saturated heterocycles. The molecule has 2 rings (SSSR count). The monoisotopic (exact) mass is 400 g/mol. The van der Waals surface area contributed by atoms with Crippen molar-refractivity contribution in [1.82, 2.24) is 0 Å². The first-order valence-electron chi connectivity index (χ1n) is 4.33. The van der Waals surface area contributed by atoms with Crippen LogP contribution in [0.15, 0.2) is 22.0 Å². The summed E-state index contributed by atoms with van der Waals surface area (Å²) >= 11 is 16.3. The van der Waals surface area contributed by atoms with E-state index >= 15 is 0 Å². The van der Waals surface area contributed by atoms with Crippen molar-refractivity contribution in [2.45, 2.75) is 4.83 Å². The highest BCUT2D eigenvalue weighted by Crippen LogP contribution is 2.43. The van der Waals surface area contributed by atoms with Gasteiger partial charge in [-0.25, -0.2) is 0 Å². The molecule has 86 valence electrons. The lowest BCUT2D eigenvalue weighted by Gasteiger charge is -2.03. The largest absolute Gasteiger partial charge is 0.496 e. The van der Waals surface area contributed by atoms with E-state index in [2.05, 4.69) is 31.9 Å². The van der Waals surface area contributed by atoms with Gasteiger partial charge in [0.2, 0.25) is 0 Å². The van der Waals surface area contributed by atoms with Gasteiger partial charge in [0.25, 0.3) is 0 Å². The zero-order valence-corrected chi connectivity index (χ0v) is 13.7. The van der Waals surface area contributed by atoms with Gasteiger partial charge in [-0.05, 0) is 28.1 Å². The second kappa shape index (κ2) is 5.40. The predicted octanol–water partition coefficient (Wildman–Crippen LogP) is 5.72. The van der Waals surface area contributed by atoms with E-state index < -0.39 is 0 Å². The fourth-order valence-corrected chi connectivity index (χ4v) is 4.73. The summed E-state index contributed by atoms with van der Waals surface area (Å²) in [6.45, 7) is 0. The maximum Gasteiger partial charge on any atom is 0.129 e. The van der Waals surface area contributed by atoms with Gasteiger partial charge in [-0.2, -0.15) is 0 Å². The van der Waals surface area contributed by atoms with Crippen molar-refractivity contribution < 1.29 is 4.74 Å². The third kappa shape index (κ3) is 2.64. The summed E-state index contributed by atoms with van der Waals surface area (Å²) in [7, 11) is 1.67. The van der Waals surface area contributed by atoms with Crippen LogP contribution in [0.2, 0.25) is 4.34 Å². The molecule has 0 radical (unpaired) electrons. The minimum absolute atomic E-state index is 0.176. The maximum atomic E-state index is 6.02. The molecule has 2 aromatic heterocycles. The molecular weight excluding hydrogens is 396 g/mol. The average molecular weight is 403 g/mol. The van der Waals surface area contributed by atoms with Crippen molar-refractivity contribution >= 4 is 66.1 Å². The second-order valence-electron chi connectivity index (χ2n) is 3.02. The van der Waals surface area contributed by atoms with Gasteiger partial charge in [0.1, 0.15) is 10.1 Å². The van der Waals surface area contributed by atoms with Gasteiger partial charge in [-0.15, -0.1) is 22.7 Å². The lowest BCUT2D eigenvalue weighted by Crippen LogP contribution is -1.84. The van der Waals surface area contributed by atoms with E-state index in [1.165, 1.54) is 9.75 Å². The molecule has 1 atom stereocenters. The summed E-state index contributed by atoms with van der Waals surface area (Å²) in [4.78, 5) is 2.57. The Balaban J connectivity index is 2.27. The molecule has 0 N–H and O–H groups in total. The Labute approximate surface area is 124 Å². The van der Waals surface area contributed by atoms with Crippen molar-refractivity contribution in [3.8, 4) is 5.75 Å². The first-order chi connectivity index (χ1) is 7.61. The fraction of sp³-hybridized carbons (Fsp3) is 0.200. The smallest absolute Gasteiger partial charge is 0.129 e. The average Bonchev–Trinajstić information content (AvgIpc) is 2.86. The Morgan fingerprint density at radius 2 is 2.12 bits per heavy atom. The number of hydrogen-bond acceptors (Lipinski definition) is 3. The van der Waals surface area contributed by atoms with Crippen LogP contribution in [0.5, 0.6) is 5.75 Å². The van der Waals surface area contributed by atoms with Crippen LogP contribution in [0.3, 0.4) is 0 Å². The summed E-state index contributed by atoms with van der Waals surface area (Å²) in [6, 6.07) is 4.07. The molecular formula is C10H7Br2ClOS2. The number of ether oxygens (including phenoxy) is 1. The number of thiophene rings is 2. The maximum absolute atomic E-state index is 6.02. The molecule has 1 unspecified atom stereocenters. The van der Waals surface area contributed by atoms with Crippen LogP contribution < -0.4 is 4.74 Å². The van der Waals surface area contributed by atoms with Crippen LogP contribution in [0.1, 0.15) is 14.6 Å². The fourth-order valence-electron chi connectivity index (χ4n) is 1.20. The van der Waals surface area contributed by atoms with E-state index in [1.807, 2.05) is 17.5 Å². The second-order valence-corrected chi connectivity index (χ2v) is 7.42. The molecule has 6 heteroatoms. The minimum Gasteiger partial charge on any atom is -0.496 e. The molecule has 0 aromatic carbocycles. The van der Waals surface area contributed by atoms with Crippen LogP contribution in [-0.2, 0) is 0 Å². The highest BCUT2D eigenvalue weighted by Gasteiger charge is 2.17. The van der Waals surface area contributed by atoms with E-state index in [-0.39, 0.29) is 4.83 Å². The standard InChI is InChI=1S/C10H7Br2ClOS2/c1-14-5-2-7(15-4-5)9(12)8-3-6(11)10(13)16-8/h2-4,9H,1H3. The number of rotatable bonds is 3. The van der Waals surface area contributed by atoms with Crippen molar-refractivity contribution in [3.63, 3.8) is 0 Å². The van der Waals surface area contributed by atoms with E-state index in [0.29, 0.717) is 0 Å². The molecule has 0 bridgehead atoms. The molecule has 2 aromatic rings. The third-order valence-corrected chi connectivity index (χ3v) is 7.10. The first kappa shape index (κ1) is 12.9. The van der Waals surface area contributed by atoms with Crippen molar-refractivity contribution in [3.05, 3.63) is 36.1 Å². The van der Waals surface area contributed by atoms with Crippen LogP contribution >= 0.6 is 66.1 Å². The summed E-state index contributed by atoms with van der Waals surface area (Å²) in [5.74, 6) is 0.895. The Morgan fingerprint density at radius 3 is 2.62 bits per heavy atom. The Morgan fingerprint density at radius 1 is 1.38 bits per heavy atom.